The number of benzene rings is 2. The van der Waals surface area contributed by atoms with Crippen molar-refractivity contribution in [2.45, 2.75) is 13.8 Å². The van der Waals surface area contributed by atoms with Crippen molar-refractivity contribution in [1.29, 1.82) is 0 Å². The van der Waals surface area contributed by atoms with Crippen molar-refractivity contribution in [1.82, 2.24) is 0 Å². The van der Waals surface area contributed by atoms with E-state index >= 15 is 0 Å². The average molecular weight is 335 g/mol. The predicted octanol–water partition coefficient (Wildman–Crippen LogP) is 3.30. The fourth-order valence-electron chi connectivity index (χ4n) is 2.92. The van der Waals surface area contributed by atoms with E-state index in [9.17, 15) is 14.4 Å². The van der Waals surface area contributed by atoms with Crippen LogP contribution in [0.1, 0.15) is 35.3 Å². The summed E-state index contributed by atoms with van der Waals surface area (Å²) >= 11 is 0. The molecule has 0 saturated heterocycles. The lowest BCUT2D eigenvalue weighted by molar-refractivity contribution is -0.122. The summed E-state index contributed by atoms with van der Waals surface area (Å²) in [5.41, 5.74) is 2.47. The third-order valence-corrected chi connectivity index (χ3v) is 3.95. The van der Waals surface area contributed by atoms with Crippen LogP contribution in [-0.2, 0) is 14.3 Å². The van der Waals surface area contributed by atoms with Crippen LogP contribution in [0.5, 0.6) is 0 Å². The fourth-order valence-corrected chi connectivity index (χ4v) is 2.92. The van der Waals surface area contributed by atoms with Crippen LogP contribution in [0.15, 0.2) is 48.5 Å². The van der Waals surface area contributed by atoms with Crippen molar-refractivity contribution >= 4 is 35.1 Å². The Bertz CT molecular complexity index is 884. The minimum atomic E-state index is -0.446. The maximum Gasteiger partial charge on any atom is 0.269 e. The molecule has 25 heavy (non-hydrogen) atoms. The van der Waals surface area contributed by atoms with Gasteiger partial charge < -0.3 is 4.74 Å². The van der Waals surface area contributed by atoms with E-state index in [1.165, 1.54) is 6.92 Å². The van der Waals surface area contributed by atoms with Crippen molar-refractivity contribution in [3.63, 3.8) is 0 Å². The van der Waals surface area contributed by atoms with Crippen molar-refractivity contribution in [2.24, 2.45) is 0 Å². The number of carbonyl (C=O) groups is 3. The molecule has 2 amide bonds. The van der Waals surface area contributed by atoms with Crippen LogP contribution in [0.3, 0.4) is 0 Å². The van der Waals surface area contributed by atoms with Gasteiger partial charge in [-0.1, -0.05) is 42.5 Å². The normalized spacial score (nSPS) is 15.0. The van der Waals surface area contributed by atoms with E-state index in [2.05, 4.69) is 0 Å². The smallest absolute Gasteiger partial charge is 0.269 e. The van der Waals surface area contributed by atoms with E-state index in [1.54, 1.807) is 18.2 Å². The van der Waals surface area contributed by atoms with E-state index in [0.29, 0.717) is 41.0 Å². The number of hydrogen-bond acceptors (Lipinski definition) is 4. The lowest BCUT2D eigenvalue weighted by atomic mass is 10.0. The fraction of sp³-hybridized carbons (Fsp3) is 0.150. The molecule has 0 bridgehead atoms. The Morgan fingerprint density at radius 1 is 1.16 bits per heavy atom. The Hall–Kier alpha value is -3.21. The number of carbonyl (C=O) groups excluding carboxylic acids is 3. The van der Waals surface area contributed by atoms with E-state index in [1.807, 2.05) is 37.3 Å². The number of anilines is 1. The summed E-state index contributed by atoms with van der Waals surface area (Å²) in [5, 5.41) is 0. The number of hydrogen-bond donors (Lipinski definition) is 0. The average Bonchev–Trinajstić information content (AvgIpc) is 2.91. The summed E-state index contributed by atoms with van der Waals surface area (Å²) in [6.45, 7) is 3.53. The van der Waals surface area contributed by atoms with Gasteiger partial charge in [0, 0.05) is 23.6 Å². The molecule has 0 N–H and O–H groups in total. The molecule has 2 aromatic carbocycles. The second kappa shape index (κ2) is 6.73. The summed E-state index contributed by atoms with van der Waals surface area (Å²) in [5.74, 6) is -0.428. The van der Waals surface area contributed by atoms with E-state index < -0.39 is 11.8 Å². The highest BCUT2D eigenvalue weighted by Crippen LogP contribution is 2.41. The van der Waals surface area contributed by atoms with Crippen LogP contribution >= 0.6 is 0 Å². The van der Waals surface area contributed by atoms with Gasteiger partial charge in [-0.05, 0) is 13.0 Å². The van der Waals surface area contributed by atoms with E-state index in [4.69, 9.17) is 4.74 Å². The third-order valence-electron chi connectivity index (χ3n) is 3.95. The third kappa shape index (κ3) is 2.85. The highest BCUT2D eigenvalue weighted by molar-refractivity contribution is 6.43. The molecule has 3 rings (SSSR count). The Kier molecular flexibility index (Phi) is 4.48. The Balaban J connectivity index is 2.30. The number of ether oxygens (including phenoxy) is 1. The molecular formula is C20H17NO4. The molecule has 0 aliphatic carbocycles. The van der Waals surface area contributed by atoms with Gasteiger partial charge in [-0.15, -0.1) is 0 Å². The minimum absolute atomic E-state index is 0.329. The first-order valence-electron chi connectivity index (χ1n) is 7.95. The lowest BCUT2D eigenvalue weighted by Gasteiger charge is -2.13. The van der Waals surface area contributed by atoms with Crippen molar-refractivity contribution in [3.8, 4) is 0 Å². The molecule has 0 radical (unpaired) electrons. The number of imide groups is 1. The van der Waals surface area contributed by atoms with Gasteiger partial charge in [0.25, 0.3) is 5.91 Å². The zero-order valence-electron chi connectivity index (χ0n) is 14.0. The lowest BCUT2D eigenvalue weighted by Crippen LogP contribution is -2.31. The predicted molar refractivity (Wildman–Crippen MR) is 94.9 cm³/mol. The summed E-state index contributed by atoms with van der Waals surface area (Å²) < 4.78 is 5.78. The number of aldehydes is 1. The molecule has 0 aromatic heterocycles. The Morgan fingerprint density at radius 3 is 2.48 bits per heavy atom. The number of fused-ring (bicyclic) bond motifs is 1. The standard InChI is InChI=1S/C20H17NO4/c1-3-25-19(15-7-5-4-6-8-15)18-16-10-9-14(12-22)11-17(16)21(13(2)23)20(18)24/h4-12H,3H2,1-2H3/b19-18+. The van der Waals surface area contributed by atoms with Gasteiger partial charge in [0.05, 0.1) is 17.9 Å². The molecule has 126 valence electrons. The van der Waals surface area contributed by atoms with Gasteiger partial charge in [0.2, 0.25) is 5.91 Å². The molecule has 0 unspecified atom stereocenters. The largest absolute Gasteiger partial charge is 0.492 e. The van der Waals surface area contributed by atoms with Crippen LogP contribution in [0.4, 0.5) is 5.69 Å². The second-order valence-corrected chi connectivity index (χ2v) is 5.56. The molecule has 5 heteroatoms. The maximum absolute atomic E-state index is 13.0. The van der Waals surface area contributed by atoms with E-state index in [0.717, 1.165) is 10.5 Å². The zero-order valence-corrected chi connectivity index (χ0v) is 14.0. The van der Waals surface area contributed by atoms with Crippen molar-refractivity contribution in [2.75, 3.05) is 11.5 Å². The summed E-state index contributed by atoms with van der Waals surface area (Å²) in [6.07, 6.45) is 0.686. The summed E-state index contributed by atoms with van der Waals surface area (Å²) in [7, 11) is 0. The number of nitrogens with zero attached hydrogens (tertiary/aromatic N) is 1. The molecule has 1 heterocycles. The monoisotopic (exact) mass is 335 g/mol. The second-order valence-electron chi connectivity index (χ2n) is 5.56. The molecule has 2 aromatic rings. The van der Waals surface area contributed by atoms with Gasteiger partial charge in [-0.2, -0.15) is 0 Å². The minimum Gasteiger partial charge on any atom is -0.492 e. The molecule has 1 aliphatic heterocycles. The first kappa shape index (κ1) is 16.6. The first-order chi connectivity index (χ1) is 12.1. The Morgan fingerprint density at radius 2 is 1.88 bits per heavy atom. The zero-order chi connectivity index (χ0) is 18.0. The van der Waals surface area contributed by atoms with Gasteiger partial charge in [-0.3, -0.25) is 14.4 Å². The highest BCUT2D eigenvalue weighted by atomic mass is 16.5. The summed E-state index contributed by atoms with van der Waals surface area (Å²) in [4.78, 5) is 37.2. The van der Waals surface area contributed by atoms with Crippen LogP contribution in [0.2, 0.25) is 0 Å². The molecule has 0 fully saturated rings. The van der Waals surface area contributed by atoms with Crippen LogP contribution in [0, 0.1) is 0 Å². The quantitative estimate of drug-likeness (QED) is 0.488. The molecule has 1 aliphatic rings. The van der Waals surface area contributed by atoms with Gasteiger partial charge >= 0.3 is 0 Å². The van der Waals surface area contributed by atoms with Gasteiger partial charge in [0.1, 0.15) is 12.0 Å². The molecular weight excluding hydrogens is 318 g/mol. The van der Waals surface area contributed by atoms with E-state index in [-0.39, 0.29) is 0 Å². The maximum atomic E-state index is 13.0. The molecule has 0 saturated carbocycles. The molecule has 0 spiro atoms. The van der Waals surface area contributed by atoms with Crippen molar-refractivity contribution < 1.29 is 19.1 Å². The highest BCUT2D eigenvalue weighted by Gasteiger charge is 2.38. The van der Waals surface area contributed by atoms with Gasteiger partial charge in [-0.25, -0.2) is 4.90 Å². The van der Waals surface area contributed by atoms with Crippen molar-refractivity contribution in [3.05, 3.63) is 65.2 Å². The molecule has 5 nitrogen and oxygen atoms in total. The van der Waals surface area contributed by atoms with Crippen LogP contribution in [0.25, 0.3) is 11.3 Å². The topological polar surface area (TPSA) is 63.7 Å². The Labute approximate surface area is 145 Å². The van der Waals surface area contributed by atoms with Gasteiger partial charge in [0.15, 0.2) is 0 Å². The first-order valence-corrected chi connectivity index (χ1v) is 7.95. The van der Waals surface area contributed by atoms with Crippen LogP contribution < -0.4 is 4.90 Å². The summed E-state index contributed by atoms with van der Waals surface area (Å²) in [6, 6.07) is 14.1. The van der Waals surface area contributed by atoms with Crippen LogP contribution in [-0.4, -0.2) is 24.7 Å². The number of amides is 2. The molecule has 0 atom stereocenters. The number of rotatable bonds is 4. The SMILES string of the molecule is CCO/C(=C1/C(=O)N(C(C)=O)c2cc(C=O)ccc21)c1ccccc1.